The number of nitrogens with one attached hydrogen (secondary N) is 1. The van der Waals surface area contributed by atoms with Crippen molar-refractivity contribution in [1.29, 1.82) is 0 Å². The number of benzene rings is 1. The van der Waals surface area contributed by atoms with Gasteiger partial charge in [0.1, 0.15) is 11.5 Å². The Morgan fingerprint density at radius 3 is 2.74 bits per heavy atom. The first-order valence-corrected chi connectivity index (χ1v) is 9.20. The van der Waals surface area contributed by atoms with Gasteiger partial charge in [-0.2, -0.15) is 4.37 Å². The first kappa shape index (κ1) is 19.2. The number of hydrogen-bond acceptors (Lipinski definition) is 9. The van der Waals surface area contributed by atoms with E-state index in [-0.39, 0.29) is 5.91 Å². The first-order valence-electron chi connectivity index (χ1n) is 8.47. The number of aromatic nitrogens is 2. The number of methoxy groups -OCH3 is 2. The van der Waals surface area contributed by atoms with Gasteiger partial charge in [-0.3, -0.25) is 4.79 Å². The minimum absolute atomic E-state index is 0.331. The normalized spacial score (nSPS) is 15.1. The van der Waals surface area contributed by atoms with E-state index in [9.17, 15) is 4.79 Å². The summed E-state index contributed by atoms with van der Waals surface area (Å²) in [6.07, 6.45) is -0.774. The van der Waals surface area contributed by atoms with Gasteiger partial charge in [0.05, 0.1) is 44.8 Å². The maximum absolute atomic E-state index is 12.6. The molecule has 146 valence electrons. The Labute approximate surface area is 161 Å². The maximum Gasteiger partial charge on any atom is 0.271 e. The fourth-order valence-corrected chi connectivity index (χ4v) is 3.10. The molecular weight excluding hydrogens is 372 g/mol. The van der Waals surface area contributed by atoms with Crippen LogP contribution in [0.3, 0.4) is 0 Å². The highest BCUT2D eigenvalue weighted by atomic mass is 32.1. The molecule has 0 saturated carbocycles. The summed E-state index contributed by atoms with van der Waals surface area (Å²) in [5, 5.41) is 2.80. The zero-order chi connectivity index (χ0) is 19.2. The second-order valence-electron chi connectivity index (χ2n) is 5.81. The van der Waals surface area contributed by atoms with E-state index < -0.39 is 6.10 Å². The van der Waals surface area contributed by atoms with Gasteiger partial charge in [0.25, 0.3) is 11.8 Å². The third kappa shape index (κ3) is 4.58. The van der Waals surface area contributed by atoms with Crippen molar-refractivity contribution in [3.63, 3.8) is 0 Å². The molecule has 0 unspecified atom stereocenters. The van der Waals surface area contributed by atoms with Crippen LogP contribution >= 0.6 is 11.7 Å². The second-order valence-corrected chi connectivity index (χ2v) is 6.34. The zero-order valence-corrected chi connectivity index (χ0v) is 16.2. The quantitative estimate of drug-likeness (QED) is 0.760. The highest BCUT2D eigenvalue weighted by Crippen LogP contribution is 2.30. The largest absolute Gasteiger partial charge is 0.497 e. The van der Waals surface area contributed by atoms with Crippen molar-refractivity contribution in [2.24, 2.45) is 0 Å². The average Bonchev–Trinajstić information content (AvgIpc) is 3.16. The van der Waals surface area contributed by atoms with Crippen molar-refractivity contribution in [1.82, 2.24) is 8.75 Å². The van der Waals surface area contributed by atoms with E-state index in [4.69, 9.17) is 18.9 Å². The summed E-state index contributed by atoms with van der Waals surface area (Å²) in [4.78, 5) is 14.6. The summed E-state index contributed by atoms with van der Waals surface area (Å²) in [5.74, 6) is 1.80. The second kappa shape index (κ2) is 8.87. The van der Waals surface area contributed by atoms with Gasteiger partial charge in [-0.15, -0.1) is 4.37 Å². The predicted octanol–water partition coefficient (Wildman–Crippen LogP) is 1.80. The van der Waals surface area contributed by atoms with Crippen LogP contribution in [0, 0.1) is 0 Å². The van der Waals surface area contributed by atoms with Crippen LogP contribution in [0.25, 0.3) is 0 Å². The molecule has 27 heavy (non-hydrogen) atoms. The summed E-state index contributed by atoms with van der Waals surface area (Å²) in [6.45, 7) is 4.34. The van der Waals surface area contributed by atoms with Crippen LogP contribution < -0.4 is 24.4 Å². The fraction of sp³-hybridized carbons (Fsp3) is 0.471. The number of ether oxygens (including phenoxy) is 4. The molecule has 1 aromatic carbocycles. The monoisotopic (exact) mass is 394 g/mol. The molecule has 1 fully saturated rings. The Balaban J connectivity index is 1.68. The SMILES string of the molecule is COc1ccc(OC)c(NC(=O)[C@@H](C)Oc2nsnc2N2CCOCC2)c1. The molecule has 1 aromatic heterocycles. The number of amides is 1. The van der Waals surface area contributed by atoms with Crippen LogP contribution in [0.2, 0.25) is 0 Å². The van der Waals surface area contributed by atoms with Gasteiger partial charge in [0.2, 0.25) is 5.82 Å². The molecule has 9 nitrogen and oxygen atoms in total. The van der Waals surface area contributed by atoms with E-state index in [0.717, 1.165) is 11.7 Å². The molecule has 3 rings (SSSR count). The lowest BCUT2D eigenvalue weighted by Gasteiger charge is -2.27. The van der Waals surface area contributed by atoms with E-state index in [2.05, 4.69) is 14.1 Å². The Hall–Kier alpha value is -2.59. The van der Waals surface area contributed by atoms with Gasteiger partial charge in [0, 0.05) is 19.2 Å². The lowest BCUT2D eigenvalue weighted by atomic mass is 10.2. The Kier molecular flexibility index (Phi) is 6.30. The van der Waals surface area contributed by atoms with Crippen LogP contribution in [0.1, 0.15) is 6.92 Å². The van der Waals surface area contributed by atoms with Gasteiger partial charge < -0.3 is 29.2 Å². The van der Waals surface area contributed by atoms with Gasteiger partial charge >= 0.3 is 0 Å². The van der Waals surface area contributed by atoms with E-state index in [1.54, 1.807) is 32.2 Å². The Morgan fingerprint density at radius 1 is 1.26 bits per heavy atom. The van der Waals surface area contributed by atoms with Crippen molar-refractivity contribution in [3.05, 3.63) is 18.2 Å². The summed E-state index contributed by atoms with van der Waals surface area (Å²) >= 11 is 1.05. The van der Waals surface area contributed by atoms with Crippen molar-refractivity contribution >= 4 is 29.1 Å². The molecule has 1 N–H and O–H groups in total. The molecule has 1 aliphatic heterocycles. The summed E-state index contributed by atoms with van der Waals surface area (Å²) in [5.41, 5.74) is 0.502. The molecule has 10 heteroatoms. The van der Waals surface area contributed by atoms with Gasteiger partial charge in [-0.1, -0.05) is 0 Å². The van der Waals surface area contributed by atoms with Crippen LogP contribution in [-0.2, 0) is 9.53 Å². The molecule has 0 spiro atoms. The van der Waals surface area contributed by atoms with Crippen LogP contribution in [0.5, 0.6) is 17.4 Å². The number of rotatable bonds is 7. The molecule has 1 atom stereocenters. The lowest BCUT2D eigenvalue weighted by molar-refractivity contribution is -0.122. The minimum Gasteiger partial charge on any atom is -0.497 e. The minimum atomic E-state index is -0.774. The number of hydrogen-bond donors (Lipinski definition) is 1. The maximum atomic E-state index is 12.6. The Morgan fingerprint density at radius 2 is 2.04 bits per heavy atom. The topological polar surface area (TPSA) is 95.0 Å². The van der Waals surface area contributed by atoms with Crippen molar-refractivity contribution in [2.75, 3.05) is 50.7 Å². The molecular formula is C17H22N4O5S. The van der Waals surface area contributed by atoms with E-state index >= 15 is 0 Å². The summed E-state index contributed by atoms with van der Waals surface area (Å²) in [6, 6.07) is 5.16. The van der Waals surface area contributed by atoms with Gasteiger partial charge in [-0.05, 0) is 19.1 Å². The third-order valence-corrected chi connectivity index (χ3v) is 4.58. The van der Waals surface area contributed by atoms with Gasteiger partial charge in [0.15, 0.2) is 6.10 Å². The Bertz CT molecular complexity index is 778. The van der Waals surface area contributed by atoms with Crippen molar-refractivity contribution < 1.29 is 23.7 Å². The summed E-state index contributed by atoms with van der Waals surface area (Å²) in [7, 11) is 3.09. The lowest BCUT2D eigenvalue weighted by Crippen LogP contribution is -2.37. The number of morpholine rings is 1. The van der Waals surface area contributed by atoms with E-state index in [1.165, 1.54) is 7.11 Å². The average molecular weight is 394 g/mol. The first-order chi connectivity index (χ1) is 13.1. The molecule has 0 radical (unpaired) electrons. The number of carbonyl (C=O) groups excluding carboxylic acids is 1. The molecule has 0 aliphatic carbocycles. The number of carbonyl (C=O) groups is 1. The third-order valence-electron chi connectivity index (χ3n) is 4.08. The van der Waals surface area contributed by atoms with Crippen molar-refractivity contribution in [2.45, 2.75) is 13.0 Å². The van der Waals surface area contributed by atoms with E-state index in [0.29, 0.717) is 55.2 Å². The zero-order valence-electron chi connectivity index (χ0n) is 15.4. The van der Waals surface area contributed by atoms with Crippen LogP contribution in [0.4, 0.5) is 11.5 Å². The highest BCUT2D eigenvalue weighted by Gasteiger charge is 2.24. The number of nitrogens with zero attached hydrogens (tertiary/aromatic N) is 3. The predicted molar refractivity (Wildman–Crippen MR) is 101 cm³/mol. The van der Waals surface area contributed by atoms with E-state index in [1.807, 2.05) is 4.90 Å². The standard InChI is InChI=1S/C17H22N4O5S/c1-11(16(22)18-13-10-12(23-2)4-5-14(13)24-3)26-17-15(19-27-20-17)21-6-8-25-9-7-21/h4-5,10-11H,6-9H2,1-3H3,(H,18,22)/t11-/m1/s1. The van der Waals surface area contributed by atoms with Gasteiger partial charge in [-0.25, -0.2) is 0 Å². The summed E-state index contributed by atoms with van der Waals surface area (Å²) < 4.78 is 30.1. The molecule has 1 amide bonds. The van der Waals surface area contributed by atoms with Crippen LogP contribution in [-0.4, -0.2) is 61.3 Å². The molecule has 1 aliphatic rings. The fourth-order valence-electron chi connectivity index (χ4n) is 2.59. The molecule has 2 heterocycles. The van der Waals surface area contributed by atoms with Crippen molar-refractivity contribution in [3.8, 4) is 17.4 Å². The molecule has 0 bridgehead atoms. The molecule has 2 aromatic rings. The highest BCUT2D eigenvalue weighted by molar-refractivity contribution is 6.99. The smallest absolute Gasteiger partial charge is 0.271 e. The molecule has 1 saturated heterocycles. The number of anilines is 2. The van der Waals surface area contributed by atoms with Crippen LogP contribution in [0.15, 0.2) is 18.2 Å².